The number of hydrogen-bond acceptors (Lipinski definition) is 3. The number of rotatable bonds is 1. The number of halogens is 1. The van der Waals surface area contributed by atoms with E-state index in [1.165, 1.54) is 43.4 Å². The number of benzene rings is 1. The van der Waals surface area contributed by atoms with Crippen LogP contribution in [0, 0.1) is 6.92 Å². The van der Waals surface area contributed by atoms with Gasteiger partial charge in [-0.3, -0.25) is 4.99 Å². The maximum atomic E-state index is 4.99. The topological polar surface area (TPSA) is 24.4 Å². The van der Waals surface area contributed by atoms with Crippen LogP contribution in [0.25, 0.3) is 0 Å². The van der Waals surface area contributed by atoms with Gasteiger partial charge in [0.1, 0.15) is 0 Å². The van der Waals surface area contributed by atoms with Gasteiger partial charge in [-0.05, 0) is 43.5 Å². The minimum Gasteiger partial charge on any atom is -0.335 e. The molecule has 0 saturated heterocycles. The van der Waals surface area contributed by atoms with Crippen LogP contribution in [0.1, 0.15) is 37.7 Å². The number of nitrogens with one attached hydrogen (secondary N) is 1. The summed E-state index contributed by atoms with van der Waals surface area (Å²) in [6.07, 6.45) is 6.61. The third kappa shape index (κ3) is 3.00. The first-order chi connectivity index (χ1) is 9.17. The SMILES string of the molecule is Cc1cc(Br)ccc1NC1=NC2(CCCCC2)CS1. The predicted molar refractivity (Wildman–Crippen MR) is 88.2 cm³/mol. The van der Waals surface area contributed by atoms with Crippen molar-refractivity contribution in [3.8, 4) is 0 Å². The lowest BCUT2D eigenvalue weighted by molar-refractivity contribution is 0.335. The van der Waals surface area contributed by atoms with E-state index in [2.05, 4.69) is 46.4 Å². The number of nitrogens with zero attached hydrogens (tertiary/aromatic N) is 1. The van der Waals surface area contributed by atoms with Crippen LogP contribution < -0.4 is 5.32 Å². The van der Waals surface area contributed by atoms with Gasteiger partial charge in [-0.1, -0.05) is 47.0 Å². The second-order valence-corrected chi connectivity index (χ2v) is 7.45. The molecule has 0 bridgehead atoms. The number of amidine groups is 1. The molecule has 2 aliphatic rings. The van der Waals surface area contributed by atoms with E-state index in [1.54, 1.807) is 0 Å². The largest absolute Gasteiger partial charge is 0.335 e. The van der Waals surface area contributed by atoms with E-state index < -0.39 is 0 Å². The maximum absolute atomic E-state index is 4.99. The third-order valence-corrected chi connectivity index (χ3v) is 5.67. The molecule has 2 nitrogen and oxygen atoms in total. The first-order valence-corrected chi connectivity index (χ1v) is 8.71. The van der Waals surface area contributed by atoms with Crippen LogP contribution in [0.2, 0.25) is 0 Å². The molecule has 0 radical (unpaired) electrons. The Bertz CT molecular complexity index is 507. The van der Waals surface area contributed by atoms with Gasteiger partial charge >= 0.3 is 0 Å². The molecule has 1 saturated carbocycles. The summed E-state index contributed by atoms with van der Waals surface area (Å²) >= 11 is 5.39. The molecule has 1 aliphatic carbocycles. The zero-order valence-electron chi connectivity index (χ0n) is 11.2. The van der Waals surface area contributed by atoms with Crippen LogP contribution in [0.4, 0.5) is 5.69 Å². The van der Waals surface area contributed by atoms with Crippen molar-refractivity contribution in [1.29, 1.82) is 0 Å². The van der Waals surface area contributed by atoms with Crippen LogP contribution >= 0.6 is 27.7 Å². The van der Waals surface area contributed by atoms with Crippen LogP contribution in [-0.2, 0) is 0 Å². The standard InChI is InChI=1S/C15H19BrN2S/c1-11-9-12(16)5-6-13(11)17-14-18-15(10-19-14)7-3-2-4-8-15/h5-6,9H,2-4,7-8,10H2,1H3,(H,17,18). The zero-order valence-corrected chi connectivity index (χ0v) is 13.6. The van der Waals surface area contributed by atoms with Gasteiger partial charge in [0.2, 0.25) is 0 Å². The van der Waals surface area contributed by atoms with Crippen molar-refractivity contribution in [3.05, 3.63) is 28.2 Å². The monoisotopic (exact) mass is 338 g/mol. The minimum absolute atomic E-state index is 0.245. The lowest BCUT2D eigenvalue weighted by atomic mass is 9.84. The summed E-state index contributed by atoms with van der Waals surface area (Å²) in [7, 11) is 0. The van der Waals surface area contributed by atoms with Crippen molar-refractivity contribution in [3.63, 3.8) is 0 Å². The molecule has 1 N–H and O–H groups in total. The Morgan fingerprint density at radius 3 is 2.79 bits per heavy atom. The predicted octanol–water partition coefficient (Wildman–Crippen LogP) is 4.98. The fourth-order valence-corrected chi connectivity index (χ4v) is 4.57. The molecular formula is C15H19BrN2S. The van der Waals surface area contributed by atoms with E-state index in [-0.39, 0.29) is 5.54 Å². The molecule has 1 aromatic rings. The van der Waals surface area contributed by atoms with Crippen LogP contribution in [0.15, 0.2) is 27.7 Å². The van der Waals surface area contributed by atoms with Gasteiger partial charge in [0.15, 0.2) is 5.17 Å². The summed E-state index contributed by atoms with van der Waals surface area (Å²) in [6.45, 7) is 2.13. The molecule has 3 rings (SSSR count). The van der Waals surface area contributed by atoms with E-state index >= 15 is 0 Å². The van der Waals surface area contributed by atoms with E-state index in [1.807, 2.05) is 11.8 Å². The van der Waals surface area contributed by atoms with E-state index in [9.17, 15) is 0 Å². The first kappa shape index (κ1) is 13.5. The molecule has 102 valence electrons. The Balaban J connectivity index is 1.75. The highest BCUT2D eigenvalue weighted by molar-refractivity contribution is 9.10. The van der Waals surface area contributed by atoms with Crippen molar-refractivity contribution in [2.24, 2.45) is 4.99 Å². The quantitative estimate of drug-likeness (QED) is 0.781. The Morgan fingerprint density at radius 2 is 2.05 bits per heavy atom. The summed E-state index contributed by atoms with van der Waals surface area (Å²) in [6, 6.07) is 6.33. The molecule has 1 fully saturated rings. The maximum Gasteiger partial charge on any atom is 0.161 e. The molecule has 0 atom stereocenters. The van der Waals surface area contributed by atoms with Crippen molar-refractivity contribution in [2.45, 2.75) is 44.6 Å². The van der Waals surface area contributed by atoms with Gasteiger partial charge in [-0.15, -0.1) is 0 Å². The van der Waals surface area contributed by atoms with Gasteiger partial charge in [-0.25, -0.2) is 0 Å². The first-order valence-electron chi connectivity index (χ1n) is 6.93. The van der Waals surface area contributed by atoms with Crippen LogP contribution in [0.3, 0.4) is 0 Å². The van der Waals surface area contributed by atoms with Crippen molar-refractivity contribution in [2.75, 3.05) is 11.1 Å². The highest BCUT2D eigenvalue weighted by Gasteiger charge is 2.36. The van der Waals surface area contributed by atoms with Crippen LogP contribution in [0.5, 0.6) is 0 Å². The Labute approximate surface area is 127 Å². The van der Waals surface area contributed by atoms with E-state index in [0.29, 0.717) is 0 Å². The molecule has 0 unspecified atom stereocenters. The average molecular weight is 339 g/mol. The van der Waals surface area contributed by atoms with Gasteiger partial charge in [0, 0.05) is 15.9 Å². The average Bonchev–Trinajstić information content (AvgIpc) is 2.77. The van der Waals surface area contributed by atoms with Gasteiger partial charge in [0.05, 0.1) is 5.54 Å². The molecule has 0 aromatic heterocycles. The number of aliphatic imine (C=N–C) groups is 1. The molecule has 0 amide bonds. The highest BCUT2D eigenvalue weighted by Crippen LogP contribution is 2.40. The number of thioether (sulfide) groups is 1. The van der Waals surface area contributed by atoms with Gasteiger partial charge < -0.3 is 5.32 Å². The molecular weight excluding hydrogens is 320 g/mol. The lowest BCUT2D eigenvalue weighted by Crippen LogP contribution is -2.29. The number of hydrogen-bond donors (Lipinski definition) is 1. The zero-order chi connectivity index (χ0) is 13.3. The Kier molecular flexibility index (Phi) is 3.90. The van der Waals surface area contributed by atoms with Crippen LogP contribution in [-0.4, -0.2) is 16.5 Å². The summed E-state index contributed by atoms with van der Waals surface area (Å²) in [5.41, 5.74) is 2.67. The van der Waals surface area contributed by atoms with E-state index in [4.69, 9.17) is 4.99 Å². The summed E-state index contributed by atoms with van der Waals surface area (Å²) in [4.78, 5) is 4.99. The summed E-state index contributed by atoms with van der Waals surface area (Å²) in [5, 5.41) is 4.60. The minimum atomic E-state index is 0.245. The number of anilines is 1. The second-order valence-electron chi connectivity index (χ2n) is 5.57. The number of aryl methyl sites for hydroxylation is 1. The Hall–Kier alpha value is -0.480. The summed E-state index contributed by atoms with van der Waals surface area (Å²) < 4.78 is 1.13. The fraction of sp³-hybridized carbons (Fsp3) is 0.533. The molecule has 1 spiro atoms. The second kappa shape index (κ2) is 5.49. The lowest BCUT2D eigenvalue weighted by Gasteiger charge is -2.29. The summed E-state index contributed by atoms with van der Waals surface area (Å²) in [5.74, 6) is 1.16. The van der Waals surface area contributed by atoms with E-state index in [0.717, 1.165) is 15.4 Å². The molecule has 1 heterocycles. The van der Waals surface area contributed by atoms with Crippen molar-refractivity contribution < 1.29 is 0 Å². The Morgan fingerprint density at radius 1 is 1.26 bits per heavy atom. The molecule has 1 aromatic carbocycles. The molecule has 4 heteroatoms. The van der Waals surface area contributed by atoms with Crippen molar-refractivity contribution in [1.82, 2.24) is 0 Å². The van der Waals surface area contributed by atoms with Gasteiger partial charge in [-0.2, -0.15) is 0 Å². The fourth-order valence-electron chi connectivity index (χ4n) is 2.90. The highest BCUT2D eigenvalue weighted by atomic mass is 79.9. The smallest absolute Gasteiger partial charge is 0.161 e. The normalized spacial score (nSPS) is 21.5. The molecule has 1 aliphatic heterocycles. The molecule has 19 heavy (non-hydrogen) atoms. The van der Waals surface area contributed by atoms with Gasteiger partial charge in [0.25, 0.3) is 0 Å². The van der Waals surface area contributed by atoms with Crippen molar-refractivity contribution >= 4 is 38.5 Å². The third-order valence-electron chi connectivity index (χ3n) is 4.03.